The Balaban J connectivity index is 1.54. The highest BCUT2D eigenvalue weighted by atomic mass is 16.2. The molecule has 130 valence electrons. The van der Waals surface area contributed by atoms with E-state index in [0.29, 0.717) is 16.7 Å². The number of amides is 1. The molecule has 0 saturated heterocycles. The molecule has 2 aromatic heterocycles. The second kappa shape index (κ2) is 6.36. The topological polar surface area (TPSA) is 99.8 Å². The number of carbonyl (C=O) groups excluding carboxylic acids is 1. The molecule has 0 saturated carbocycles. The van der Waals surface area contributed by atoms with Crippen molar-refractivity contribution in [3.8, 4) is 0 Å². The molecule has 4 rings (SSSR count). The first-order valence-electron chi connectivity index (χ1n) is 8.21. The Morgan fingerprint density at radius 1 is 0.962 bits per heavy atom. The quantitative estimate of drug-likeness (QED) is 0.488. The Morgan fingerprint density at radius 2 is 1.69 bits per heavy atom. The minimum absolute atomic E-state index is 0.204. The molecule has 7 heteroatoms. The number of nitrogens with zero attached hydrogens (tertiary/aromatic N) is 1. The molecule has 0 aliphatic rings. The van der Waals surface area contributed by atoms with Crippen molar-refractivity contribution in [3.05, 3.63) is 81.0 Å². The lowest BCUT2D eigenvalue weighted by atomic mass is 10.2. The average molecular weight is 348 g/mol. The zero-order valence-corrected chi connectivity index (χ0v) is 13.8. The van der Waals surface area contributed by atoms with E-state index in [4.69, 9.17) is 0 Å². The Kier molecular flexibility index (Phi) is 3.89. The van der Waals surface area contributed by atoms with Crippen LogP contribution in [0.4, 0.5) is 0 Å². The lowest BCUT2D eigenvalue weighted by Crippen LogP contribution is -2.39. The molecule has 0 unspecified atom stereocenters. The van der Waals surface area contributed by atoms with Crippen LogP contribution in [0.25, 0.3) is 21.9 Å². The molecule has 3 N–H and O–H groups in total. The van der Waals surface area contributed by atoms with Crippen molar-refractivity contribution in [1.82, 2.24) is 19.9 Å². The predicted molar refractivity (Wildman–Crippen MR) is 99.5 cm³/mol. The fraction of sp³-hybridized carbons (Fsp3) is 0.105. The molecular weight excluding hydrogens is 332 g/mol. The van der Waals surface area contributed by atoms with Crippen molar-refractivity contribution in [1.29, 1.82) is 0 Å². The first-order chi connectivity index (χ1) is 12.6. The molecule has 0 aliphatic heterocycles. The molecule has 0 aliphatic carbocycles. The molecule has 1 amide bonds. The standard InChI is InChI=1S/C19H16N4O3/c24-17(15-11-12-5-1-2-6-13(12)21-15)20-9-10-23-16-8-4-3-7-14(16)22-18(25)19(23)26/h1-8,11,21H,9-10H2,(H,20,24)(H,22,25). The molecule has 26 heavy (non-hydrogen) atoms. The van der Waals surface area contributed by atoms with Crippen LogP contribution in [-0.4, -0.2) is 27.0 Å². The summed E-state index contributed by atoms with van der Waals surface area (Å²) in [6.45, 7) is 0.427. The van der Waals surface area contributed by atoms with Gasteiger partial charge in [-0.25, -0.2) is 0 Å². The average Bonchev–Trinajstić information content (AvgIpc) is 3.09. The van der Waals surface area contributed by atoms with Gasteiger partial charge in [-0.05, 0) is 24.3 Å². The Labute approximate surface area is 147 Å². The fourth-order valence-electron chi connectivity index (χ4n) is 3.02. The van der Waals surface area contributed by atoms with Gasteiger partial charge < -0.3 is 19.9 Å². The van der Waals surface area contributed by atoms with Crippen LogP contribution in [0.1, 0.15) is 10.5 Å². The summed E-state index contributed by atoms with van der Waals surface area (Å²) in [7, 11) is 0. The normalized spacial score (nSPS) is 11.1. The summed E-state index contributed by atoms with van der Waals surface area (Å²) in [4.78, 5) is 41.9. The maximum absolute atomic E-state index is 12.3. The minimum atomic E-state index is -0.675. The Morgan fingerprint density at radius 3 is 2.50 bits per heavy atom. The summed E-state index contributed by atoms with van der Waals surface area (Å²) in [6.07, 6.45) is 0. The third-order valence-electron chi connectivity index (χ3n) is 4.28. The lowest BCUT2D eigenvalue weighted by Gasteiger charge is -2.10. The van der Waals surface area contributed by atoms with E-state index in [9.17, 15) is 14.4 Å². The number of hydrogen-bond acceptors (Lipinski definition) is 3. The molecular formula is C19H16N4O3. The number of aromatic amines is 2. The highest BCUT2D eigenvalue weighted by Crippen LogP contribution is 2.14. The molecule has 0 atom stereocenters. The predicted octanol–water partition coefficient (Wildman–Crippen LogP) is 1.60. The summed E-state index contributed by atoms with van der Waals surface area (Å²) in [5.74, 6) is -0.261. The number of hydrogen-bond donors (Lipinski definition) is 3. The summed E-state index contributed by atoms with van der Waals surface area (Å²) >= 11 is 0. The maximum atomic E-state index is 12.3. The van der Waals surface area contributed by atoms with E-state index in [1.807, 2.05) is 24.3 Å². The van der Waals surface area contributed by atoms with Crippen LogP contribution in [-0.2, 0) is 6.54 Å². The van der Waals surface area contributed by atoms with Crippen molar-refractivity contribution in [3.63, 3.8) is 0 Å². The van der Waals surface area contributed by atoms with Gasteiger partial charge in [0, 0.05) is 24.0 Å². The number of para-hydroxylation sites is 3. The van der Waals surface area contributed by atoms with Crippen molar-refractivity contribution < 1.29 is 4.79 Å². The number of H-pyrrole nitrogens is 2. The number of nitrogens with one attached hydrogen (secondary N) is 3. The van der Waals surface area contributed by atoms with Gasteiger partial charge in [0.1, 0.15) is 5.69 Å². The van der Waals surface area contributed by atoms with Crippen molar-refractivity contribution in [2.24, 2.45) is 0 Å². The van der Waals surface area contributed by atoms with E-state index < -0.39 is 11.1 Å². The second-order valence-corrected chi connectivity index (χ2v) is 5.95. The van der Waals surface area contributed by atoms with Crippen LogP contribution in [0.5, 0.6) is 0 Å². The van der Waals surface area contributed by atoms with E-state index in [-0.39, 0.29) is 19.0 Å². The smallest absolute Gasteiger partial charge is 0.316 e. The van der Waals surface area contributed by atoms with Crippen LogP contribution in [0, 0.1) is 0 Å². The fourth-order valence-corrected chi connectivity index (χ4v) is 3.02. The first kappa shape index (κ1) is 15.9. The highest BCUT2D eigenvalue weighted by molar-refractivity contribution is 5.97. The maximum Gasteiger partial charge on any atom is 0.316 e. The third-order valence-corrected chi connectivity index (χ3v) is 4.28. The number of aromatic nitrogens is 3. The van der Waals surface area contributed by atoms with E-state index in [1.165, 1.54) is 4.57 Å². The number of rotatable bonds is 4. The van der Waals surface area contributed by atoms with Crippen LogP contribution in [0.2, 0.25) is 0 Å². The third kappa shape index (κ3) is 2.79. The minimum Gasteiger partial charge on any atom is -0.351 e. The molecule has 4 aromatic rings. The van der Waals surface area contributed by atoms with Gasteiger partial charge >= 0.3 is 11.1 Å². The first-order valence-corrected chi connectivity index (χ1v) is 8.21. The van der Waals surface area contributed by atoms with Gasteiger partial charge in [-0.3, -0.25) is 14.4 Å². The van der Waals surface area contributed by atoms with Gasteiger partial charge in [-0.2, -0.15) is 0 Å². The van der Waals surface area contributed by atoms with Crippen LogP contribution >= 0.6 is 0 Å². The van der Waals surface area contributed by atoms with E-state index in [0.717, 1.165) is 10.9 Å². The lowest BCUT2D eigenvalue weighted by molar-refractivity contribution is 0.0948. The molecule has 0 spiro atoms. The summed E-state index contributed by atoms with van der Waals surface area (Å²) in [5.41, 5.74) is 1.23. The number of benzene rings is 2. The molecule has 7 nitrogen and oxygen atoms in total. The second-order valence-electron chi connectivity index (χ2n) is 5.95. The van der Waals surface area contributed by atoms with E-state index in [2.05, 4.69) is 15.3 Å². The monoisotopic (exact) mass is 348 g/mol. The van der Waals surface area contributed by atoms with Crippen LogP contribution in [0.3, 0.4) is 0 Å². The zero-order valence-electron chi connectivity index (χ0n) is 13.8. The van der Waals surface area contributed by atoms with Crippen molar-refractivity contribution in [2.75, 3.05) is 6.54 Å². The SMILES string of the molecule is O=C(NCCn1c(=O)c(=O)[nH]c2ccccc21)c1cc2ccccc2[nH]1. The Bertz CT molecular complexity index is 1200. The summed E-state index contributed by atoms with van der Waals surface area (Å²) in [6, 6.07) is 16.5. The molecule has 0 fully saturated rings. The molecule has 2 aromatic carbocycles. The van der Waals surface area contributed by atoms with Crippen molar-refractivity contribution >= 4 is 27.8 Å². The van der Waals surface area contributed by atoms with Gasteiger partial charge in [0.05, 0.1) is 11.0 Å². The van der Waals surface area contributed by atoms with E-state index >= 15 is 0 Å². The summed E-state index contributed by atoms with van der Waals surface area (Å²) < 4.78 is 1.37. The van der Waals surface area contributed by atoms with Crippen LogP contribution < -0.4 is 16.4 Å². The van der Waals surface area contributed by atoms with Gasteiger partial charge in [0.15, 0.2) is 0 Å². The van der Waals surface area contributed by atoms with Gasteiger partial charge in [0.25, 0.3) is 5.91 Å². The number of carbonyl (C=O) groups is 1. The van der Waals surface area contributed by atoms with Gasteiger partial charge in [0.2, 0.25) is 0 Å². The van der Waals surface area contributed by atoms with Gasteiger partial charge in [-0.1, -0.05) is 30.3 Å². The summed E-state index contributed by atoms with van der Waals surface area (Å²) in [5, 5.41) is 3.73. The van der Waals surface area contributed by atoms with Gasteiger partial charge in [-0.15, -0.1) is 0 Å². The van der Waals surface area contributed by atoms with Crippen molar-refractivity contribution in [2.45, 2.75) is 6.54 Å². The van der Waals surface area contributed by atoms with Crippen LogP contribution in [0.15, 0.2) is 64.2 Å². The highest BCUT2D eigenvalue weighted by Gasteiger charge is 2.10. The van der Waals surface area contributed by atoms with E-state index in [1.54, 1.807) is 30.3 Å². The number of fused-ring (bicyclic) bond motifs is 2. The largest absolute Gasteiger partial charge is 0.351 e. The molecule has 0 radical (unpaired) electrons. The Hall–Kier alpha value is -3.61. The molecule has 2 heterocycles. The zero-order chi connectivity index (χ0) is 18.1. The molecule has 0 bridgehead atoms.